The number of ether oxygens (including phenoxy) is 1. The van der Waals surface area contributed by atoms with Crippen molar-refractivity contribution in [1.29, 1.82) is 0 Å². The largest absolute Gasteiger partial charge is 0.465 e. The summed E-state index contributed by atoms with van der Waals surface area (Å²) in [6.45, 7) is 3.78. The summed E-state index contributed by atoms with van der Waals surface area (Å²) in [6.07, 6.45) is 2.91. The van der Waals surface area contributed by atoms with E-state index in [1.807, 2.05) is 5.48 Å². The maximum atomic E-state index is 12.0. The number of nitrogens with one attached hydrogen (secondary N) is 1. The molecule has 1 aliphatic carbocycles. The van der Waals surface area contributed by atoms with Crippen molar-refractivity contribution in [2.75, 3.05) is 6.61 Å². The van der Waals surface area contributed by atoms with Gasteiger partial charge in [-0.1, -0.05) is 13.8 Å². The topological polar surface area (TPSA) is 81.7 Å². The molecule has 1 amide bonds. The van der Waals surface area contributed by atoms with Crippen molar-refractivity contribution >= 4 is 18.3 Å². The van der Waals surface area contributed by atoms with Crippen LogP contribution in [0.3, 0.4) is 0 Å². The van der Waals surface area contributed by atoms with Crippen LogP contribution in [-0.4, -0.2) is 25.0 Å². The minimum absolute atomic E-state index is 0.240. The van der Waals surface area contributed by atoms with Crippen LogP contribution in [0.5, 0.6) is 0 Å². The highest BCUT2D eigenvalue weighted by Crippen LogP contribution is 2.33. The van der Waals surface area contributed by atoms with Crippen molar-refractivity contribution in [3.8, 4) is 0 Å². The van der Waals surface area contributed by atoms with Crippen molar-refractivity contribution in [3.05, 3.63) is 0 Å². The molecular formula is C12H19NO5. The van der Waals surface area contributed by atoms with Gasteiger partial charge in [0.05, 0.1) is 6.61 Å². The van der Waals surface area contributed by atoms with Crippen LogP contribution in [-0.2, 0) is 24.0 Å². The van der Waals surface area contributed by atoms with Gasteiger partial charge in [-0.25, -0.2) is 4.79 Å². The molecule has 0 bridgehead atoms. The Labute approximate surface area is 106 Å². The Kier molecular flexibility index (Phi) is 5.12. The minimum atomic E-state index is -1.33. The van der Waals surface area contributed by atoms with Gasteiger partial charge < -0.3 is 9.57 Å². The first-order chi connectivity index (χ1) is 8.60. The molecule has 6 heteroatoms. The second-order valence-electron chi connectivity index (χ2n) is 4.46. The molecule has 0 aromatic rings. The van der Waals surface area contributed by atoms with Gasteiger partial charge in [0, 0.05) is 0 Å². The van der Waals surface area contributed by atoms with Crippen LogP contribution in [0.15, 0.2) is 0 Å². The molecule has 1 N–H and O–H groups in total. The van der Waals surface area contributed by atoms with Crippen molar-refractivity contribution in [1.82, 2.24) is 5.48 Å². The highest BCUT2D eigenvalue weighted by Gasteiger charge is 2.46. The van der Waals surface area contributed by atoms with E-state index in [-0.39, 0.29) is 19.3 Å². The number of amides is 1. The van der Waals surface area contributed by atoms with E-state index in [4.69, 9.17) is 4.74 Å². The summed E-state index contributed by atoms with van der Waals surface area (Å²) in [5.74, 6) is -0.915. The molecule has 1 rings (SSSR count). The molecule has 0 spiro atoms. The van der Waals surface area contributed by atoms with Crippen molar-refractivity contribution in [2.24, 2.45) is 11.3 Å². The van der Waals surface area contributed by atoms with Gasteiger partial charge >= 0.3 is 11.9 Å². The van der Waals surface area contributed by atoms with Crippen LogP contribution < -0.4 is 5.48 Å². The Morgan fingerprint density at radius 2 is 1.89 bits per heavy atom. The first-order valence-electron chi connectivity index (χ1n) is 6.18. The third-order valence-corrected chi connectivity index (χ3v) is 3.34. The van der Waals surface area contributed by atoms with Gasteiger partial charge in [-0.05, 0) is 31.6 Å². The van der Waals surface area contributed by atoms with E-state index >= 15 is 0 Å². The quantitative estimate of drug-likeness (QED) is 0.303. The van der Waals surface area contributed by atoms with Crippen LogP contribution in [0.2, 0.25) is 0 Å². The fourth-order valence-corrected chi connectivity index (χ4v) is 1.70. The van der Waals surface area contributed by atoms with Crippen molar-refractivity contribution < 1.29 is 24.0 Å². The lowest BCUT2D eigenvalue weighted by atomic mass is 9.82. The average Bonchev–Trinajstić information content (AvgIpc) is 3.20. The van der Waals surface area contributed by atoms with Gasteiger partial charge in [0.2, 0.25) is 6.41 Å². The number of carbonyl (C=O) groups is 3. The molecule has 18 heavy (non-hydrogen) atoms. The van der Waals surface area contributed by atoms with E-state index in [0.29, 0.717) is 12.5 Å². The Balaban J connectivity index is 2.65. The second kappa shape index (κ2) is 6.37. The smallest absolute Gasteiger partial charge is 0.349 e. The number of hydrogen-bond acceptors (Lipinski definition) is 5. The maximum Gasteiger partial charge on any atom is 0.349 e. The summed E-state index contributed by atoms with van der Waals surface area (Å²) in [7, 11) is 0. The first kappa shape index (κ1) is 14.5. The van der Waals surface area contributed by atoms with Gasteiger partial charge in [0.1, 0.15) is 0 Å². The molecule has 1 aliphatic rings. The molecule has 1 saturated carbocycles. The van der Waals surface area contributed by atoms with E-state index in [2.05, 4.69) is 4.84 Å². The molecule has 0 saturated heterocycles. The number of hydrogen-bond donors (Lipinski definition) is 1. The zero-order chi connectivity index (χ0) is 13.6. The molecule has 0 aromatic heterocycles. The van der Waals surface area contributed by atoms with Gasteiger partial charge in [-0.3, -0.25) is 9.59 Å². The summed E-state index contributed by atoms with van der Waals surface area (Å²) in [5.41, 5.74) is 0.488. The number of esters is 1. The highest BCUT2D eigenvalue weighted by atomic mass is 16.7. The van der Waals surface area contributed by atoms with E-state index in [1.165, 1.54) is 0 Å². The maximum absolute atomic E-state index is 12.0. The molecule has 0 aromatic carbocycles. The molecule has 0 aliphatic heterocycles. The fourth-order valence-electron chi connectivity index (χ4n) is 1.70. The van der Waals surface area contributed by atoms with E-state index in [0.717, 1.165) is 12.8 Å². The Morgan fingerprint density at radius 3 is 2.33 bits per heavy atom. The van der Waals surface area contributed by atoms with E-state index in [9.17, 15) is 14.4 Å². The Bertz CT molecular complexity index is 320. The standard InChI is InChI=1S/C12H19NO5/c1-3-12(4-2,11(16)18-13-8-14)10(15)17-7-9-5-6-9/h8-9H,3-7H2,1-2H3,(H,13,14). The summed E-state index contributed by atoms with van der Waals surface area (Å²) in [4.78, 5) is 38.5. The van der Waals surface area contributed by atoms with Crippen LogP contribution in [0, 0.1) is 11.3 Å². The minimum Gasteiger partial charge on any atom is -0.465 e. The Morgan fingerprint density at radius 1 is 1.28 bits per heavy atom. The predicted octanol–water partition coefficient (Wildman–Crippen LogP) is 0.950. The second-order valence-corrected chi connectivity index (χ2v) is 4.46. The van der Waals surface area contributed by atoms with Gasteiger partial charge in [0.15, 0.2) is 5.41 Å². The lowest BCUT2D eigenvalue weighted by Gasteiger charge is -2.25. The SMILES string of the molecule is CCC(CC)(C(=O)OCC1CC1)C(=O)ONC=O. The molecule has 6 nitrogen and oxygen atoms in total. The van der Waals surface area contributed by atoms with E-state index < -0.39 is 17.4 Å². The van der Waals surface area contributed by atoms with Crippen molar-refractivity contribution in [2.45, 2.75) is 39.5 Å². The number of carbonyl (C=O) groups excluding carboxylic acids is 3. The van der Waals surface area contributed by atoms with Crippen molar-refractivity contribution in [3.63, 3.8) is 0 Å². The lowest BCUT2D eigenvalue weighted by Crippen LogP contribution is -2.43. The summed E-state index contributed by atoms with van der Waals surface area (Å²) in [5, 5.41) is 0. The molecular weight excluding hydrogens is 238 g/mol. The van der Waals surface area contributed by atoms with Crippen LogP contribution in [0.1, 0.15) is 39.5 Å². The zero-order valence-electron chi connectivity index (χ0n) is 10.7. The predicted molar refractivity (Wildman–Crippen MR) is 62.0 cm³/mol. The van der Waals surface area contributed by atoms with E-state index in [1.54, 1.807) is 13.8 Å². The fraction of sp³-hybridized carbons (Fsp3) is 0.750. The molecule has 0 radical (unpaired) electrons. The molecule has 0 atom stereocenters. The number of hydroxylamine groups is 1. The highest BCUT2D eigenvalue weighted by molar-refractivity contribution is 6.00. The Hall–Kier alpha value is -1.59. The zero-order valence-corrected chi connectivity index (χ0v) is 10.7. The van der Waals surface area contributed by atoms with Crippen LogP contribution in [0.4, 0.5) is 0 Å². The normalized spacial score (nSPS) is 14.8. The third kappa shape index (κ3) is 3.21. The third-order valence-electron chi connectivity index (χ3n) is 3.34. The monoisotopic (exact) mass is 257 g/mol. The first-order valence-corrected chi connectivity index (χ1v) is 6.18. The number of rotatable bonds is 8. The summed E-state index contributed by atoms with van der Waals surface area (Å²) >= 11 is 0. The summed E-state index contributed by atoms with van der Waals surface area (Å²) in [6, 6.07) is 0. The van der Waals surface area contributed by atoms with Gasteiger partial charge in [0.25, 0.3) is 0 Å². The molecule has 102 valence electrons. The van der Waals surface area contributed by atoms with Gasteiger partial charge in [-0.2, -0.15) is 5.48 Å². The lowest BCUT2D eigenvalue weighted by molar-refractivity contribution is -0.179. The summed E-state index contributed by atoms with van der Waals surface area (Å²) < 4.78 is 5.16. The molecule has 0 unspecified atom stereocenters. The average molecular weight is 257 g/mol. The van der Waals surface area contributed by atoms with Gasteiger partial charge in [-0.15, -0.1) is 0 Å². The van der Waals surface area contributed by atoms with Crippen LogP contribution >= 0.6 is 0 Å². The molecule has 1 fully saturated rings. The molecule has 0 heterocycles. The van der Waals surface area contributed by atoms with Crippen LogP contribution in [0.25, 0.3) is 0 Å².